The van der Waals surface area contributed by atoms with E-state index in [1.807, 2.05) is 30.6 Å². The zero-order chi connectivity index (χ0) is 11.7. The topological polar surface area (TPSA) is 28.7 Å². The quantitative estimate of drug-likeness (QED) is 0.713. The first-order valence-corrected chi connectivity index (χ1v) is 5.48. The van der Waals surface area contributed by atoms with Gasteiger partial charge >= 0.3 is 0 Å². The molecule has 2 nitrogen and oxygen atoms in total. The highest BCUT2D eigenvalue weighted by atomic mass is 19.1. The molecular weight excluding hydrogens is 215 g/mol. The van der Waals surface area contributed by atoms with Crippen LogP contribution in [0.25, 0.3) is 11.0 Å². The van der Waals surface area contributed by atoms with Gasteiger partial charge < -0.3 is 4.98 Å². The number of nitrogens with zero attached hydrogens (tertiary/aromatic N) is 1. The van der Waals surface area contributed by atoms with Crippen LogP contribution < -0.4 is 0 Å². The Morgan fingerprint density at radius 2 is 2.06 bits per heavy atom. The fourth-order valence-electron chi connectivity index (χ4n) is 1.96. The summed E-state index contributed by atoms with van der Waals surface area (Å²) in [5, 5.41) is 0. The van der Waals surface area contributed by atoms with Crippen molar-refractivity contribution in [1.29, 1.82) is 0 Å². The highest BCUT2D eigenvalue weighted by molar-refractivity contribution is 5.75. The van der Waals surface area contributed by atoms with Crippen molar-refractivity contribution in [2.24, 2.45) is 0 Å². The van der Waals surface area contributed by atoms with Crippen molar-refractivity contribution in [1.82, 2.24) is 9.97 Å². The predicted octanol–water partition coefficient (Wildman–Crippen LogP) is 3.29. The summed E-state index contributed by atoms with van der Waals surface area (Å²) in [6.45, 7) is 0. The fraction of sp³-hybridized carbons (Fsp3) is 0.0714. The molecule has 0 bridgehead atoms. The van der Waals surface area contributed by atoms with Crippen molar-refractivity contribution in [3.8, 4) is 0 Å². The lowest BCUT2D eigenvalue weighted by Crippen LogP contribution is -1.90. The molecule has 2 aromatic heterocycles. The number of aromatic amines is 1. The first-order chi connectivity index (χ1) is 8.31. The van der Waals surface area contributed by atoms with Crippen molar-refractivity contribution in [3.05, 3.63) is 65.7 Å². The second kappa shape index (κ2) is 4.01. The molecule has 0 amide bonds. The SMILES string of the molecule is Fc1cccc(Cc2cnc3cc[nH]c3c2)c1. The van der Waals surface area contributed by atoms with E-state index in [2.05, 4.69) is 9.97 Å². The highest BCUT2D eigenvalue weighted by Crippen LogP contribution is 2.15. The monoisotopic (exact) mass is 226 g/mol. The summed E-state index contributed by atoms with van der Waals surface area (Å²) in [7, 11) is 0. The summed E-state index contributed by atoms with van der Waals surface area (Å²) in [4.78, 5) is 7.46. The van der Waals surface area contributed by atoms with E-state index in [1.165, 1.54) is 6.07 Å². The van der Waals surface area contributed by atoms with Crippen LogP contribution in [0.15, 0.2) is 48.8 Å². The van der Waals surface area contributed by atoms with Crippen molar-refractivity contribution < 1.29 is 4.39 Å². The maximum atomic E-state index is 13.1. The van der Waals surface area contributed by atoms with Crippen LogP contribution >= 0.6 is 0 Å². The molecule has 0 aliphatic rings. The lowest BCUT2D eigenvalue weighted by molar-refractivity contribution is 0.626. The molecule has 0 aliphatic carbocycles. The molecule has 0 unspecified atom stereocenters. The summed E-state index contributed by atoms with van der Waals surface area (Å²) in [5.74, 6) is -0.198. The van der Waals surface area contributed by atoms with Gasteiger partial charge in [-0.2, -0.15) is 0 Å². The molecule has 17 heavy (non-hydrogen) atoms. The molecule has 1 aromatic carbocycles. The third-order valence-electron chi connectivity index (χ3n) is 2.75. The summed E-state index contributed by atoms with van der Waals surface area (Å²) in [6.07, 6.45) is 4.39. The number of benzene rings is 1. The second-order valence-corrected chi connectivity index (χ2v) is 4.06. The predicted molar refractivity (Wildman–Crippen MR) is 65.3 cm³/mol. The first kappa shape index (κ1) is 10.0. The van der Waals surface area contributed by atoms with Gasteiger partial charge in [0.1, 0.15) is 5.82 Å². The van der Waals surface area contributed by atoms with Crippen molar-refractivity contribution in [2.75, 3.05) is 0 Å². The van der Waals surface area contributed by atoms with Crippen LogP contribution in [0.4, 0.5) is 4.39 Å². The average molecular weight is 226 g/mol. The second-order valence-electron chi connectivity index (χ2n) is 4.06. The van der Waals surface area contributed by atoms with Crippen LogP contribution in [0.3, 0.4) is 0 Å². The lowest BCUT2D eigenvalue weighted by atomic mass is 10.1. The zero-order valence-electron chi connectivity index (χ0n) is 9.15. The molecule has 0 atom stereocenters. The molecule has 3 rings (SSSR count). The Kier molecular flexibility index (Phi) is 2.37. The standard InChI is InChI=1S/C14H11FN2/c15-12-3-1-2-10(7-12)6-11-8-14-13(17-9-11)4-5-16-14/h1-5,7-9,16H,6H2. The van der Waals surface area contributed by atoms with Gasteiger partial charge in [0, 0.05) is 12.4 Å². The average Bonchev–Trinajstić information content (AvgIpc) is 2.76. The molecule has 3 heteroatoms. The van der Waals surface area contributed by atoms with Crippen LogP contribution in [-0.4, -0.2) is 9.97 Å². The van der Waals surface area contributed by atoms with Gasteiger partial charge in [0.2, 0.25) is 0 Å². The van der Waals surface area contributed by atoms with Crippen LogP contribution in [0.1, 0.15) is 11.1 Å². The van der Waals surface area contributed by atoms with Crippen LogP contribution in [0, 0.1) is 5.82 Å². The molecule has 0 saturated heterocycles. The Morgan fingerprint density at radius 3 is 2.94 bits per heavy atom. The Balaban J connectivity index is 1.94. The van der Waals surface area contributed by atoms with Crippen LogP contribution in [0.5, 0.6) is 0 Å². The van der Waals surface area contributed by atoms with Crippen molar-refractivity contribution in [2.45, 2.75) is 6.42 Å². The number of halogens is 1. The number of H-pyrrole nitrogens is 1. The van der Waals surface area contributed by atoms with E-state index in [9.17, 15) is 4.39 Å². The van der Waals surface area contributed by atoms with Gasteiger partial charge in [-0.05, 0) is 41.8 Å². The van der Waals surface area contributed by atoms with Gasteiger partial charge in [0.15, 0.2) is 0 Å². The number of rotatable bonds is 2. The number of fused-ring (bicyclic) bond motifs is 1. The van der Waals surface area contributed by atoms with E-state index in [0.29, 0.717) is 6.42 Å². The third kappa shape index (κ3) is 2.04. The summed E-state index contributed by atoms with van der Waals surface area (Å²) >= 11 is 0. The molecule has 0 aliphatic heterocycles. The van der Waals surface area contributed by atoms with E-state index in [0.717, 1.165) is 22.2 Å². The van der Waals surface area contributed by atoms with Crippen LogP contribution in [0.2, 0.25) is 0 Å². The largest absolute Gasteiger partial charge is 0.360 e. The molecule has 0 fully saturated rings. The highest BCUT2D eigenvalue weighted by Gasteiger charge is 2.01. The zero-order valence-corrected chi connectivity index (χ0v) is 9.15. The minimum Gasteiger partial charge on any atom is -0.360 e. The Morgan fingerprint density at radius 1 is 1.12 bits per heavy atom. The van der Waals surface area contributed by atoms with E-state index in [4.69, 9.17) is 0 Å². The van der Waals surface area contributed by atoms with Gasteiger partial charge in [0.05, 0.1) is 11.0 Å². The molecule has 3 aromatic rings. The third-order valence-corrected chi connectivity index (χ3v) is 2.75. The Labute approximate surface area is 98.1 Å². The number of nitrogens with one attached hydrogen (secondary N) is 1. The number of pyridine rings is 1. The minimum absolute atomic E-state index is 0.198. The van der Waals surface area contributed by atoms with Crippen molar-refractivity contribution in [3.63, 3.8) is 0 Å². The summed E-state index contributed by atoms with van der Waals surface area (Å²) in [5.41, 5.74) is 4.00. The normalized spacial score (nSPS) is 10.9. The van der Waals surface area contributed by atoms with E-state index < -0.39 is 0 Å². The van der Waals surface area contributed by atoms with Gasteiger partial charge in [-0.15, -0.1) is 0 Å². The fourth-order valence-corrected chi connectivity index (χ4v) is 1.96. The van der Waals surface area contributed by atoms with E-state index in [1.54, 1.807) is 12.1 Å². The lowest BCUT2D eigenvalue weighted by Gasteiger charge is -2.02. The molecular formula is C14H11FN2. The molecule has 0 radical (unpaired) electrons. The summed E-state index contributed by atoms with van der Waals surface area (Å²) in [6, 6.07) is 10.6. The smallest absolute Gasteiger partial charge is 0.123 e. The van der Waals surface area contributed by atoms with Crippen LogP contribution in [-0.2, 0) is 6.42 Å². The number of aromatic nitrogens is 2. The minimum atomic E-state index is -0.198. The van der Waals surface area contributed by atoms with Crippen molar-refractivity contribution >= 4 is 11.0 Å². The van der Waals surface area contributed by atoms with E-state index in [-0.39, 0.29) is 5.82 Å². The summed E-state index contributed by atoms with van der Waals surface area (Å²) < 4.78 is 13.1. The molecule has 84 valence electrons. The molecule has 0 spiro atoms. The molecule has 0 saturated carbocycles. The molecule has 1 N–H and O–H groups in total. The first-order valence-electron chi connectivity index (χ1n) is 5.48. The van der Waals surface area contributed by atoms with Gasteiger partial charge in [-0.3, -0.25) is 4.98 Å². The van der Waals surface area contributed by atoms with Gasteiger partial charge in [-0.25, -0.2) is 4.39 Å². The van der Waals surface area contributed by atoms with E-state index >= 15 is 0 Å². The number of hydrogen-bond donors (Lipinski definition) is 1. The Bertz CT molecular complexity index is 658. The maximum Gasteiger partial charge on any atom is 0.123 e. The Hall–Kier alpha value is -2.16. The molecule has 2 heterocycles. The van der Waals surface area contributed by atoms with Gasteiger partial charge in [-0.1, -0.05) is 12.1 Å². The number of hydrogen-bond acceptors (Lipinski definition) is 1. The van der Waals surface area contributed by atoms with Gasteiger partial charge in [0.25, 0.3) is 0 Å². The maximum absolute atomic E-state index is 13.1.